The monoisotopic (exact) mass is 694 g/mol. The van der Waals surface area contributed by atoms with Crippen molar-refractivity contribution in [2.75, 3.05) is 13.2 Å². The van der Waals surface area contributed by atoms with Crippen molar-refractivity contribution < 1.29 is 47.2 Å². The number of aliphatic hydroxyl groups is 2. The molecule has 3 saturated heterocycles. The van der Waals surface area contributed by atoms with Gasteiger partial charge >= 0.3 is 13.5 Å². The van der Waals surface area contributed by atoms with Crippen LogP contribution in [0.1, 0.15) is 0 Å². The SMILES string of the molecule is N=C1N=CNC2C1N=CN2C1OC2COP(=O)(S)OC3C(COP(O)(=S)OC1C2O)OC(N1C=NC2C(N)=NC=NC21)C3O. The van der Waals surface area contributed by atoms with Gasteiger partial charge in [0.1, 0.15) is 67.0 Å². The number of aliphatic imine (C=N–C) groups is 5. The van der Waals surface area contributed by atoms with E-state index in [1.807, 2.05) is 0 Å². The molecule has 7 aliphatic rings. The summed E-state index contributed by atoms with van der Waals surface area (Å²) < 4.78 is 48.1. The predicted molar refractivity (Wildman–Crippen MR) is 159 cm³/mol. The van der Waals surface area contributed by atoms with Gasteiger partial charge in [0.05, 0.1) is 32.2 Å². The van der Waals surface area contributed by atoms with Crippen LogP contribution in [0.15, 0.2) is 25.0 Å². The molecule has 3 fully saturated rings. The first-order chi connectivity index (χ1) is 20.9. The zero-order chi connectivity index (χ0) is 31.0. The van der Waals surface area contributed by atoms with E-state index in [0.717, 1.165) is 0 Å². The van der Waals surface area contributed by atoms with E-state index in [1.165, 1.54) is 30.3 Å². The lowest BCUT2D eigenvalue weighted by atomic mass is 10.1. The first kappa shape index (κ1) is 30.7. The number of nitrogens with one attached hydrogen (secondary N) is 2. The number of aliphatic hydroxyl groups excluding tert-OH is 2. The molecule has 7 heterocycles. The molecular formula is C20H28N10O10P2S2. The highest BCUT2D eigenvalue weighted by molar-refractivity contribution is 8.44. The third-order valence-corrected chi connectivity index (χ3v) is 11.1. The van der Waals surface area contributed by atoms with Crippen molar-refractivity contribution in [2.45, 2.75) is 73.5 Å². The molecular weight excluding hydrogens is 666 g/mol. The Balaban J connectivity index is 1.13. The molecule has 0 amide bonds. The molecule has 0 spiro atoms. The zero-order valence-electron chi connectivity index (χ0n) is 22.3. The average Bonchev–Trinajstić information content (AvgIpc) is 3.73. The fourth-order valence-corrected chi connectivity index (χ4v) is 8.70. The molecule has 2 bridgehead atoms. The largest absolute Gasteiger partial charge is 0.387 e. The van der Waals surface area contributed by atoms with E-state index in [-0.39, 0.29) is 11.7 Å². The Morgan fingerprint density at radius 3 is 2.57 bits per heavy atom. The molecule has 7 rings (SSSR count). The lowest BCUT2D eigenvalue weighted by molar-refractivity contribution is -0.0845. The number of rotatable bonds is 2. The first-order valence-corrected chi connectivity index (χ1v) is 18.5. The minimum absolute atomic E-state index is 0.00327. The smallest absolute Gasteiger partial charge is 0.386 e. The van der Waals surface area contributed by atoms with Crippen molar-refractivity contribution in [1.82, 2.24) is 15.1 Å². The summed E-state index contributed by atoms with van der Waals surface area (Å²) in [5, 5.41) is 33.5. The normalized spacial score (nSPS) is 49.9. The molecule has 7 N–H and O–H groups in total. The van der Waals surface area contributed by atoms with Crippen molar-refractivity contribution in [1.29, 1.82) is 5.41 Å². The lowest BCUT2D eigenvalue weighted by Gasteiger charge is -2.36. The number of nitrogens with zero attached hydrogens (tertiary/aromatic N) is 7. The van der Waals surface area contributed by atoms with E-state index < -0.39 is 100 Å². The predicted octanol–water partition coefficient (Wildman–Crippen LogP) is -2.69. The fourth-order valence-electron chi connectivity index (χ4n) is 5.80. The second-order valence-electron chi connectivity index (χ2n) is 10.6. The Hall–Kier alpha value is -1.91. The fraction of sp³-hybridized carbons (Fsp3) is 0.700. The van der Waals surface area contributed by atoms with Crippen LogP contribution in [-0.2, 0) is 43.9 Å². The van der Waals surface area contributed by atoms with E-state index in [9.17, 15) is 19.7 Å². The highest BCUT2D eigenvalue weighted by Crippen LogP contribution is 2.57. The summed E-state index contributed by atoms with van der Waals surface area (Å²) in [5.74, 6) is 0.229. The number of hydrogen-bond donors (Lipinski definition) is 7. The summed E-state index contributed by atoms with van der Waals surface area (Å²) in [6.07, 6.45) is -6.04. The molecule has 0 aromatic heterocycles. The first-order valence-electron chi connectivity index (χ1n) is 13.2. The van der Waals surface area contributed by atoms with Gasteiger partial charge in [-0.25, -0.2) is 19.5 Å². The zero-order valence-corrected chi connectivity index (χ0v) is 25.8. The van der Waals surface area contributed by atoms with E-state index in [1.54, 1.807) is 4.90 Å². The molecule has 44 heavy (non-hydrogen) atoms. The molecule has 0 saturated carbocycles. The highest BCUT2D eigenvalue weighted by atomic mass is 32.7. The number of nitrogens with two attached hydrogens (primary N) is 1. The minimum Gasteiger partial charge on any atom is -0.387 e. The number of amidine groups is 2. The molecule has 0 radical (unpaired) electrons. The number of hydrogen-bond acceptors (Lipinski definition) is 19. The van der Waals surface area contributed by atoms with Crippen LogP contribution in [0, 0.1) is 5.41 Å². The van der Waals surface area contributed by atoms with Crippen LogP contribution in [0.4, 0.5) is 0 Å². The maximum atomic E-state index is 13.4. The van der Waals surface area contributed by atoms with Crippen LogP contribution in [0.5, 0.6) is 0 Å². The quantitative estimate of drug-likeness (QED) is 0.115. The Kier molecular flexibility index (Phi) is 7.97. The molecule has 240 valence electrons. The summed E-state index contributed by atoms with van der Waals surface area (Å²) in [6, 6.07) is -1.27. The molecule has 20 nitrogen and oxygen atoms in total. The van der Waals surface area contributed by atoms with E-state index in [0.29, 0.717) is 0 Å². The van der Waals surface area contributed by atoms with Gasteiger partial charge in [0.15, 0.2) is 24.5 Å². The lowest BCUT2D eigenvalue weighted by Crippen LogP contribution is -2.57. The van der Waals surface area contributed by atoms with Gasteiger partial charge in [-0.1, -0.05) is 12.2 Å². The molecule has 0 aromatic carbocycles. The van der Waals surface area contributed by atoms with Gasteiger partial charge in [0, 0.05) is 0 Å². The summed E-state index contributed by atoms with van der Waals surface area (Å²) in [4.78, 5) is 34.9. The van der Waals surface area contributed by atoms with Gasteiger partial charge in [-0.15, -0.1) is 0 Å². The van der Waals surface area contributed by atoms with Crippen LogP contribution in [0.25, 0.3) is 0 Å². The van der Waals surface area contributed by atoms with Crippen molar-refractivity contribution in [2.24, 2.45) is 30.7 Å². The third-order valence-electron chi connectivity index (χ3n) is 7.91. The van der Waals surface area contributed by atoms with Crippen LogP contribution in [0.3, 0.4) is 0 Å². The van der Waals surface area contributed by atoms with Gasteiger partial charge in [0.25, 0.3) is 0 Å². The van der Waals surface area contributed by atoms with Gasteiger partial charge in [0.2, 0.25) is 0 Å². The molecule has 14 unspecified atom stereocenters. The van der Waals surface area contributed by atoms with Crippen molar-refractivity contribution in [3.8, 4) is 0 Å². The molecule has 0 aromatic rings. The summed E-state index contributed by atoms with van der Waals surface area (Å²) in [6.45, 7) is -9.39. The number of thiol groups is 1. The van der Waals surface area contributed by atoms with E-state index in [2.05, 4.69) is 42.5 Å². The Bertz CT molecular complexity index is 1460. The standard InChI is InChI=1S/C20H28N10O10P2S2/c21-15-9-17(25-3-23-15)29(5-27-9)19-12(32)13-8(38-19)2-36-42(34,44)40-14-11(31)7(1-35-41(33,43)39-13)37-20(14)30-6-28-10-16(22)24-4-26-18(10)30/h3-14,17-20,31-32H,1-2H2,(H,33,43)(H,34,44)(H2,21,23,25)(H2,22,24,26). The van der Waals surface area contributed by atoms with E-state index in [4.69, 9.17) is 50.5 Å². The Morgan fingerprint density at radius 1 is 1.02 bits per heavy atom. The summed E-state index contributed by atoms with van der Waals surface area (Å²) >= 11 is 9.38. The van der Waals surface area contributed by atoms with Crippen LogP contribution < -0.4 is 11.1 Å². The minimum atomic E-state index is -4.26. The second kappa shape index (κ2) is 11.4. The van der Waals surface area contributed by atoms with Crippen LogP contribution >= 0.6 is 25.8 Å². The third kappa shape index (κ3) is 5.44. The van der Waals surface area contributed by atoms with Gasteiger partial charge < -0.3 is 50.0 Å². The molecule has 14 atom stereocenters. The van der Waals surface area contributed by atoms with Crippen molar-refractivity contribution >= 4 is 74.6 Å². The van der Waals surface area contributed by atoms with Crippen LogP contribution in [-0.4, -0.2) is 149 Å². The second-order valence-corrected chi connectivity index (χ2v) is 16.2. The van der Waals surface area contributed by atoms with Crippen molar-refractivity contribution in [3.63, 3.8) is 0 Å². The van der Waals surface area contributed by atoms with Crippen molar-refractivity contribution in [3.05, 3.63) is 0 Å². The average molecular weight is 695 g/mol. The Labute approximate surface area is 259 Å². The van der Waals surface area contributed by atoms with Gasteiger partial charge in [-0.3, -0.25) is 29.0 Å². The maximum absolute atomic E-state index is 13.4. The summed E-state index contributed by atoms with van der Waals surface area (Å²) in [7, 11) is 0. The number of fused-ring (bicyclic) bond motifs is 5. The van der Waals surface area contributed by atoms with Crippen LogP contribution in [0.2, 0.25) is 0 Å². The van der Waals surface area contributed by atoms with Gasteiger partial charge in [-0.05, 0) is 11.8 Å². The van der Waals surface area contributed by atoms with Gasteiger partial charge in [-0.2, -0.15) is 0 Å². The topological polar surface area (TPSA) is 263 Å². The molecule has 24 heteroatoms. The van der Waals surface area contributed by atoms with E-state index >= 15 is 0 Å². The number of ether oxygens (including phenoxy) is 2. The summed E-state index contributed by atoms with van der Waals surface area (Å²) in [5.41, 5.74) is 5.94. The Morgan fingerprint density at radius 2 is 1.75 bits per heavy atom. The maximum Gasteiger partial charge on any atom is 0.386 e. The highest BCUT2D eigenvalue weighted by Gasteiger charge is 2.56. The molecule has 0 aliphatic carbocycles. The molecule has 7 aliphatic heterocycles.